The van der Waals surface area contributed by atoms with E-state index in [2.05, 4.69) is 11.4 Å². The SMILES string of the molecule is C[C@@](C#N)(NC(=O)CN(Cc1ccco1)Cc1ccco1)C1CC1. The lowest BCUT2D eigenvalue weighted by atomic mass is 9.98. The summed E-state index contributed by atoms with van der Waals surface area (Å²) in [5, 5.41) is 12.3. The molecule has 0 bridgehead atoms. The van der Waals surface area contributed by atoms with Crippen LogP contribution in [-0.4, -0.2) is 22.9 Å². The number of carbonyl (C=O) groups excluding carboxylic acids is 1. The zero-order valence-electron chi connectivity index (χ0n) is 13.7. The predicted octanol–water partition coefficient (Wildman–Crippen LogP) is 2.68. The number of nitrogens with zero attached hydrogens (tertiary/aromatic N) is 2. The maximum absolute atomic E-state index is 12.5. The highest BCUT2D eigenvalue weighted by Crippen LogP contribution is 2.39. The van der Waals surface area contributed by atoms with Crippen molar-refractivity contribution in [3.05, 3.63) is 48.3 Å². The van der Waals surface area contributed by atoms with Gasteiger partial charge in [-0.15, -0.1) is 0 Å². The Bertz CT molecular complexity index is 662. The molecule has 2 aromatic rings. The number of furan rings is 2. The number of nitriles is 1. The Labute approximate surface area is 141 Å². The fourth-order valence-electron chi connectivity index (χ4n) is 2.83. The van der Waals surface area contributed by atoms with Crippen molar-refractivity contribution in [2.24, 2.45) is 5.92 Å². The van der Waals surface area contributed by atoms with Crippen LogP contribution < -0.4 is 5.32 Å². The molecule has 1 aliphatic carbocycles. The summed E-state index contributed by atoms with van der Waals surface area (Å²) in [6.45, 7) is 2.96. The second-order valence-electron chi connectivity index (χ2n) is 6.44. The predicted molar refractivity (Wildman–Crippen MR) is 86.4 cm³/mol. The van der Waals surface area contributed by atoms with Gasteiger partial charge in [0.25, 0.3) is 0 Å². The van der Waals surface area contributed by atoms with E-state index in [9.17, 15) is 10.1 Å². The van der Waals surface area contributed by atoms with Gasteiger partial charge in [0.2, 0.25) is 5.91 Å². The van der Waals surface area contributed by atoms with Gasteiger partial charge in [0.15, 0.2) is 0 Å². The van der Waals surface area contributed by atoms with Gasteiger partial charge in [-0.25, -0.2) is 0 Å². The summed E-state index contributed by atoms with van der Waals surface area (Å²) in [4.78, 5) is 14.4. The van der Waals surface area contributed by atoms with Gasteiger partial charge in [-0.1, -0.05) is 0 Å². The van der Waals surface area contributed by atoms with Crippen molar-refractivity contribution in [3.8, 4) is 6.07 Å². The molecule has 0 saturated heterocycles. The minimum atomic E-state index is -0.780. The number of carbonyl (C=O) groups is 1. The van der Waals surface area contributed by atoms with E-state index in [0.29, 0.717) is 13.1 Å². The largest absolute Gasteiger partial charge is 0.468 e. The molecule has 0 spiro atoms. The van der Waals surface area contributed by atoms with Crippen molar-refractivity contribution in [1.29, 1.82) is 5.26 Å². The van der Waals surface area contributed by atoms with Gasteiger partial charge in [-0.3, -0.25) is 9.69 Å². The molecule has 1 N–H and O–H groups in total. The van der Waals surface area contributed by atoms with Crippen molar-refractivity contribution < 1.29 is 13.6 Å². The first-order chi connectivity index (χ1) is 11.6. The van der Waals surface area contributed by atoms with Crippen molar-refractivity contribution in [2.75, 3.05) is 6.54 Å². The minimum Gasteiger partial charge on any atom is -0.468 e. The zero-order valence-corrected chi connectivity index (χ0v) is 13.7. The molecule has 6 nitrogen and oxygen atoms in total. The molecule has 0 radical (unpaired) electrons. The van der Waals surface area contributed by atoms with E-state index >= 15 is 0 Å². The first-order valence-corrected chi connectivity index (χ1v) is 8.08. The Balaban J connectivity index is 1.64. The van der Waals surface area contributed by atoms with Crippen LogP contribution in [-0.2, 0) is 17.9 Å². The lowest BCUT2D eigenvalue weighted by Gasteiger charge is -2.25. The standard InChI is InChI=1S/C18H21N3O3/c1-18(13-19,14-6-7-14)20-17(22)12-21(10-15-4-2-8-23-15)11-16-5-3-9-24-16/h2-5,8-9,14H,6-7,10-12H2,1H3,(H,20,22)/t18-/m0/s1. The van der Waals surface area contributed by atoms with Crippen molar-refractivity contribution in [3.63, 3.8) is 0 Å². The summed E-state index contributed by atoms with van der Waals surface area (Å²) in [5.41, 5.74) is -0.780. The molecule has 1 aliphatic rings. The van der Waals surface area contributed by atoms with Crippen LogP contribution in [0.3, 0.4) is 0 Å². The van der Waals surface area contributed by atoms with Crippen molar-refractivity contribution in [1.82, 2.24) is 10.2 Å². The average Bonchev–Trinajstić information content (AvgIpc) is 3.07. The molecule has 1 saturated carbocycles. The van der Waals surface area contributed by atoms with E-state index in [-0.39, 0.29) is 18.4 Å². The van der Waals surface area contributed by atoms with Gasteiger partial charge in [-0.05, 0) is 49.9 Å². The Kier molecular flexibility index (Phi) is 4.72. The van der Waals surface area contributed by atoms with Crippen LogP contribution >= 0.6 is 0 Å². The van der Waals surface area contributed by atoms with E-state index in [1.165, 1.54) is 0 Å². The average molecular weight is 327 g/mol. The first-order valence-electron chi connectivity index (χ1n) is 8.08. The molecule has 2 heterocycles. The van der Waals surface area contributed by atoms with Gasteiger partial charge in [0.1, 0.15) is 17.1 Å². The molecule has 1 amide bonds. The molecule has 0 aromatic carbocycles. The summed E-state index contributed by atoms with van der Waals surface area (Å²) >= 11 is 0. The van der Waals surface area contributed by atoms with Crippen LogP contribution in [0.1, 0.15) is 31.3 Å². The van der Waals surface area contributed by atoms with E-state index in [1.807, 2.05) is 29.2 Å². The number of rotatable bonds is 8. The fraction of sp³-hybridized carbons (Fsp3) is 0.444. The Morgan fingerprint density at radius 2 is 1.88 bits per heavy atom. The van der Waals surface area contributed by atoms with Crippen LogP contribution in [0.2, 0.25) is 0 Å². The van der Waals surface area contributed by atoms with Gasteiger partial charge in [0.05, 0.1) is 38.2 Å². The summed E-state index contributed by atoms with van der Waals surface area (Å²) < 4.78 is 10.8. The summed E-state index contributed by atoms with van der Waals surface area (Å²) in [6, 6.07) is 9.63. The number of hydrogen-bond acceptors (Lipinski definition) is 5. The second-order valence-corrected chi connectivity index (χ2v) is 6.44. The molecular weight excluding hydrogens is 306 g/mol. The van der Waals surface area contributed by atoms with Crippen LogP contribution in [0, 0.1) is 17.2 Å². The van der Waals surface area contributed by atoms with Crippen LogP contribution in [0.15, 0.2) is 45.6 Å². The monoisotopic (exact) mass is 327 g/mol. The highest BCUT2D eigenvalue weighted by Gasteiger charge is 2.43. The Morgan fingerprint density at radius 1 is 1.29 bits per heavy atom. The topological polar surface area (TPSA) is 82.4 Å². The minimum absolute atomic E-state index is 0.163. The normalized spacial score (nSPS) is 16.5. The molecule has 126 valence electrons. The molecule has 2 aromatic heterocycles. The zero-order chi connectivity index (χ0) is 17.0. The summed E-state index contributed by atoms with van der Waals surface area (Å²) in [6.07, 6.45) is 5.21. The third-order valence-electron chi connectivity index (χ3n) is 4.31. The highest BCUT2D eigenvalue weighted by molar-refractivity contribution is 5.79. The maximum Gasteiger partial charge on any atom is 0.235 e. The Morgan fingerprint density at radius 3 is 2.29 bits per heavy atom. The number of nitrogens with one attached hydrogen (secondary N) is 1. The quantitative estimate of drug-likeness (QED) is 0.806. The van der Waals surface area contributed by atoms with Gasteiger partial charge < -0.3 is 14.2 Å². The number of hydrogen-bond donors (Lipinski definition) is 1. The molecule has 6 heteroatoms. The van der Waals surface area contributed by atoms with Crippen molar-refractivity contribution >= 4 is 5.91 Å². The fourth-order valence-corrected chi connectivity index (χ4v) is 2.83. The molecule has 24 heavy (non-hydrogen) atoms. The summed E-state index contributed by atoms with van der Waals surface area (Å²) in [5.74, 6) is 1.65. The summed E-state index contributed by atoms with van der Waals surface area (Å²) in [7, 11) is 0. The van der Waals surface area contributed by atoms with E-state index in [4.69, 9.17) is 8.83 Å². The Hall–Kier alpha value is -2.52. The molecule has 3 rings (SSSR count). The van der Waals surface area contributed by atoms with Gasteiger partial charge >= 0.3 is 0 Å². The molecule has 0 aliphatic heterocycles. The van der Waals surface area contributed by atoms with Crippen molar-refractivity contribution in [2.45, 2.75) is 38.4 Å². The highest BCUT2D eigenvalue weighted by atomic mass is 16.3. The van der Waals surface area contributed by atoms with Crippen LogP contribution in [0.25, 0.3) is 0 Å². The lowest BCUT2D eigenvalue weighted by Crippen LogP contribution is -2.50. The first kappa shape index (κ1) is 16.3. The third kappa shape index (κ3) is 4.06. The van der Waals surface area contributed by atoms with Gasteiger partial charge in [-0.2, -0.15) is 5.26 Å². The molecular formula is C18H21N3O3. The lowest BCUT2D eigenvalue weighted by molar-refractivity contribution is -0.124. The van der Waals surface area contributed by atoms with Crippen LogP contribution in [0.5, 0.6) is 0 Å². The molecule has 0 unspecified atom stereocenters. The van der Waals surface area contributed by atoms with E-state index in [0.717, 1.165) is 24.4 Å². The van der Waals surface area contributed by atoms with Gasteiger partial charge in [0, 0.05) is 0 Å². The number of amides is 1. The smallest absolute Gasteiger partial charge is 0.235 e. The second kappa shape index (κ2) is 6.93. The van der Waals surface area contributed by atoms with Crippen LogP contribution in [0.4, 0.5) is 0 Å². The molecule has 1 atom stereocenters. The van der Waals surface area contributed by atoms with E-state index in [1.54, 1.807) is 19.5 Å². The molecule has 1 fully saturated rings. The maximum atomic E-state index is 12.5. The van der Waals surface area contributed by atoms with E-state index < -0.39 is 5.54 Å². The third-order valence-corrected chi connectivity index (χ3v) is 4.31.